The first-order chi connectivity index (χ1) is 6.59. The summed E-state index contributed by atoms with van der Waals surface area (Å²) >= 11 is 0. The predicted molar refractivity (Wildman–Crippen MR) is 51.6 cm³/mol. The second-order valence-electron chi connectivity index (χ2n) is 3.44. The van der Waals surface area contributed by atoms with Gasteiger partial charge in [-0.3, -0.25) is 15.0 Å². The maximum Gasteiger partial charge on any atom is 0.318 e. The molecule has 1 rings (SSSR count). The number of amides is 3. The Morgan fingerprint density at radius 2 is 2.36 bits per heavy atom. The first-order valence-electron chi connectivity index (χ1n) is 4.63. The molecule has 0 unspecified atom stereocenters. The topological polar surface area (TPSA) is 87.5 Å². The van der Waals surface area contributed by atoms with E-state index in [1.54, 1.807) is 0 Å². The largest absolute Gasteiger partial charge is 0.351 e. The molecule has 0 bridgehead atoms. The van der Waals surface area contributed by atoms with Gasteiger partial charge in [0.05, 0.1) is 6.54 Å². The summed E-state index contributed by atoms with van der Waals surface area (Å²) in [7, 11) is 0. The molecule has 4 N–H and O–H groups in total. The van der Waals surface area contributed by atoms with Crippen molar-refractivity contribution in [1.29, 1.82) is 0 Å². The number of carbonyl (C=O) groups is 2. The molecule has 0 aliphatic carbocycles. The SMILES string of the molecule is C[C@H]1CNCCN1CC(=O)NC(N)=O. The summed E-state index contributed by atoms with van der Waals surface area (Å²) in [6, 6.07) is -0.486. The van der Waals surface area contributed by atoms with E-state index in [-0.39, 0.29) is 12.5 Å². The Hall–Kier alpha value is -1.14. The van der Waals surface area contributed by atoms with Crippen LogP contribution in [-0.4, -0.2) is 49.1 Å². The van der Waals surface area contributed by atoms with Gasteiger partial charge in [0.1, 0.15) is 0 Å². The van der Waals surface area contributed by atoms with Crippen LogP contribution in [0.4, 0.5) is 4.79 Å². The van der Waals surface area contributed by atoms with Gasteiger partial charge < -0.3 is 11.1 Å². The fraction of sp³-hybridized carbons (Fsp3) is 0.750. The molecule has 0 aromatic heterocycles. The molecule has 1 atom stereocenters. The van der Waals surface area contributed by atoms with Crippen LogP contribution >= 0.6 is 0 Å². The summed E-state index contributed by atoms with van der Waals surface area (Å²) in [6.07, 6.45) is 0. The number of nitrogens with zero attached hydrogens (tertiary/aromatic N) is 1. The van der Waals surface area contributed by atoms with Gasteiger partial charge in [0.15, 0.2) is 0 Å². The Morgan fingerprint density at radius 1 is 1.64 bits per heavy atom. The van der Waals surface area contributed by atoms with Crippen LogP contribution in [0, 0.1) is 0 Å². The Balaban J connectivity index is 2.34. The lowest BCUT2D eigenvalue weighted by atomic mass is 10.2. The summed E-state index contributed by atoms with van der Waals surface area (Å²) in [5, 5.41) is 5.26. The monoisotopic (exact) mass is 200 g/mol. The number of piperazine rings is 1. The van der Waals surface area contributed by atoms with Crippen molar-refractivity contribution in [2.75, 3.05) is 26.2 Å². The number of imide groups is 1. The minimum atomic E-state index is -0.794. The zero-order chi connectivity index (χ0) is 10.6. The molecule has 80 valence electrons. The quantitative estimate of drug-likeness (QED) is 0.505. The van der Waals surface area contributed by atoms with Gasteiger partial charge in [0, 0.05) is 25.7 Å². The minimum Gasteiger partial charge on any atom is -0.351 e. The zero-order valence-electron chi connectivity index (χ0n) is 8.25. The van der Waals surface area contributed by atoms with Crippen molar-refractivity contribution < 1.29 is 9.59 Å². The van der Waals surface area contributed by atoms with Crippen molar-refractivity contribution in [2.24, 2.45) is 5.73 Å². The fourth-order valence-electron chi connectivity index (χ4n) is 1.48. The lowest BCUT2D eigenvalue weighted by molar-refractivity contribution is -0.121. The summed E-state index contributed by atoms with van der Waals surface area (Å²) in [5.74, 6) is -0.341. The molecule has 0 saturated carbocycles. The van der Waals surface area contributed by atoms with Crippen molar-refractivity contribution in [2.45, 2.75) is 13.0 Å². The van der Waals surface area contributed by atoms with Crippen LogP contribution in [0.1, 0.15) is 6.92 Å². The highest BCUT2D eigenvalue weighted by Gasteiger charge is 2.20. The fourth-order valence-corrected chi connectivity index (χ4v) is 1.48. The smallest absolute Gasteiger partial charge is 0.318 e. The van der Waals surface area contributed by atoms with E-state index >= 15 is 0 Å². The number of nitrogens with one attached hydrogen (secondary N) is 2. The van der Waals surface area contributed by atoms with Crippen molar-refractivity contribution in [3.05, 3.63) is 0 Å². The van der Waals surface area contributed by atoms with Crippen molar-refractivity contribution in [3.63, 3.8) is 0 Å². The second kappa shape index (κ2) is 4.92. The average molecular weight is 200 g/mol. The molecule has 0 aromatic rings. The molecule has 0 radical (unpaired) electrons. The molecule has 1 aliphatic heterocycles. The van der Waals surface area contributed by atoms with E-state index in [0.29, 0.717) is 6.04 Å². The molecule has 3 amide bonds. The number of hydrogen-bond acceptors (Lipinski definition) is 4. The van der Waals surface area contributed by atoms with Gasteiger partial charge in [-0.05, 0) is 6.92 Å². The third-order valence-electron chi connectivity index (χ3n) is 2.25. The molecular formula is C8H16N4O2. The highest BCUT2D eigenvalue weighted by molar-refractivity contribution is 5.94. The number of hydrogen-bond donors (Lipinski definition) is 3. The maximum absolute atomic E-state index is 11.2. The van der Waals surface area contributed by atoms with E-state index in [9.17, 15) is 9.59 Å². The molecular weight excluding hydrogens is 184 g/mol. The van der Waals surface area contributed by atoms with Gasteiger partial charge in [-0.15, -0.1) is 0 Å². The summed E-state index contributed by atoms with van der Waals surface area (Å²) in [6.45, 7) is 4.81. The molecule has 1 aliphatic rings. The lowest BCUT2D eigenvalue weighted by Gasteiger charge is -2.32. The molecule has 0 aromatic carbocycles. The number of carbonyl (C=O) groups excluding carboxylic acids is 2. The Kier molecular flexibility index (Phi) is 3.84. The van der Waals surface area contributed by atoms with E-state index in [4.69, 9.17) is 5.73 Å². The average Bonchev–Trinajstić information content (AvgIpc) is 2.07. The Labute approximate surface area is 82.8 Å². The van der Waals surface area contributed by atoms with Crippen LogP contribution in [0.5, 0.6) is 0 Å². The van der Waals surface area contributed by atoms with Gasteiger partial charge in [-0.25, -0.2) is 4.79 Å². The van der Waals surface area contributed by atoms with Crippen molar-refractivity contribution in [3.8, 4) is 0 Å². The summed E-state index contributed by atoms with van der Waals surface area (Å²) < 4.78 is 0. The molecule has 6 nitrogen and oxygen atoms in total. The number of rotatable bonds is 2. The Bertz CT molecular complexity index is 231. The normalized spacial score (nSPS) is 23.1. The van der Waals surface area contributed by atoms with Crippen LogP contribution in [-0.2, 0) is 4.79 Å². The van der Waals surface area contributed by atoms with E-state index in [1.165, 1.54) is 0 Å². The molecule has 6 heteroatoms. The first kappa shape index (κ1) is 10.9. The van der Waals surface area contributed by atoms with Crippen LogP contribution in [0.2, 0.25) is 0 Å². The second-order valence-corrected chi connectivity index (χ2v) is 3.44. The molecule has 1 fully saturated rings. The number of primary amides is 1. The lowest BCUT2D eigenvalue weighted by Crippen LogP contribution is -2.53. The molecule has 1 heterocycles. The number of urea groups is 1. The number of nitrogens with two attached hydrogens (primary N) is 1. The van der Waals surface area contributed by atoms with E-state index < -0.39 is 6.03 Å². The van der Waals surface area contributed by atoms with Gasteiger partial charge >= 0.3 is 6.03 Å². The highest BCUT2D eigenvalue weighted by atomic mass is 16.2. The Morgan fingerprint density at radius 3 is 2.93 bits per heavy atom. The predicted octanol–water partition coefficient (Wildman–Crippen LogP) is -1.52. The van der Waals surface area contributed by atoms with E-state index in [0.717, 1.165) is 19.6 Å². The van der Waals surface area contributed by atoms with Crippen LogP contribution < -0.4 is 16.4 Å². The molecule has 1 saturated heterocycles. The van der Waals surface area contributed by atoms with Gasteiger partial charge in [0.2, 0.25) is 5.91 Å². The standard InChI is InChI=1S/C8H16N4O2/c1-6-4-10-2-3-12(6)5-7(13)11-8(9)14/h6,10H,2-5H2,1H3,(H3,9,11,13,14)/t6-/m0/s1. The third-order valence-corrected chi connectivity index (χ3v) is 2.25. The van der Waals surface area contributed by atoms with Crippen molar-refractivity contribution >= 4 is 11.9 Å². The highest BCUT2D eigenvalue weighted by Crippen LogP contribution is 2.00. The molecule has 14 heavy (non-hydrogen) atoms. The maximum atomic E-state index is 11.2. The minimum absolute atomic E-state index is 0.228. The first-order valence-corrected chi connectivity index (χ1v) is 4.63. The van der Waals surface area contributed by atoms with E-state index in [1.807, 2.05) is 17.1 Å². The summed E-state index contributed by atoms with van der Waals surface area (Å²) in [4.78, 5) is 23.6. The zero-order valence-corrected chi connectivity index (χ0v) is 8.25. The van der Waals surface area contributed by atoms with Gasteiger partial charge in [-0.2, -0.15) is 0 Å². The van der Waals surface area contributed by atoms with Crippen molar-refractivity contribution in [1.82, 2.24) is 15.5 Å². The van der Waals surface area contributed by atoms with Crippen LogP contribution in [0.3, 0.4) is 0 Å². The summed E-state index contributed by atoms with van der Waals surface area (Å²) in [5.41, 5.74) is 4.83. The van der Waals surface area contributed by atoms with Crippen LogP contribution in [0.15, 0.2) is 0 Å². The van der Waals surface area contributed by atoms with E-state index in [2.05, 4.69) is 5.32 Å². The van der Waals surface area contributed by atoms with Gasteiger partial charge in [0.25, 0.3) is 0 Å². The van der Waals surface area contributed by atoms with Crippen LogP contribution in [0.25, 0.3) is 0 Å². The third kappa shape index (κ3) is 3.31. The van der Waals surface area contributed by atoms with Gasteiger partial charge in [-0.1, -0.05) is 0 Å². The molecule has 0 spiro atoms.